The quantitative estimate of drug-likeness (QED) is 0.914. The highest BCUT2D eigenvalue weighted by atomic mass is 19.1. The van der Waals surface area contributed by atoms with E-state index in [1.807, 2.05) is 17.9 Å². The largest absolute Gasteiger partial charge is 0.503 e. The summed E-state index contributed by atoms with van der Waals surface area (Å²) >= 11 is 0. The molecule has 21 heavy (non-hydrogen) atoms. The number of hydrogen-bond donors (Lipinski definition) is 2. The molecule has 0 bridgehead atoms. The van der Waals surface area contributed by atoms with Crippen LogP contribution in [0.4, 0.5) is 8.78 Å². The van der Waals surface area contributed by atoms with E-state index in [1.54, 1.807) is 0 Å². The van der Waals surface area contributed by atoms with Gasteiger partial charge in [-0.3, -0.25) is 4.68 Å². The van der Waals surface area contributed by atoms with Crippen molar-refractivity contribution in [2.45, 2.75) is 31.8 Å². The SMILES string of the molecule is Cn1ncc2c1CCCC2NCc1cc(F)c(O)c(F)c1. The van der Waals surface area contributed by atoms with E-state index in [0.717, 1.165) is 37.0 Å². The second kappa shape index (κ2) is 5.44. The van der Waals surface area contributed by atoms with Gasteiger partial charge >= 0.3 is 0 Å². The number of phenols is 1. The maximum Gasteiger partial charge on any atom is 0.187 e. The Kier molecular flexibility index (Phi) is 3.63. The molecule has 4 nitrogen and oxygen atoms in total. The van der Waals surface area contributed by atoms with E-state index in [-0.39, 0.29) is 6.04 Å². The number of hydrogen-bond acceptors (Lipinski definition) is 3. The van der Waals surface area contributed by atoms with Crippen LogP contribution in [0, 0.1) is 11.6 Å². The summed E-state index contributed by atoms with van der Waals surface area (Å²) in [4.78, 5) is 0. The predicted molar refractivity (Wildman–Crippen MR) is 73.7 cm³/mol. The number of aromatic nitrogens is 2. The van der Waals surface area contributed by atoms with E-state index in [2.05, 4.69) is 10.4 Å². The summed E-state index contributed by atoms with van der Waals surface area (Å²) in [6, 6.07) is 2.44. The number of phenolic OH excluding ortho intramolecular Hbond substituents is 1. The second-order valence-corrected chi connectivity index (χ2v) is 5.40. The molecule has 0 radical (unpaired) electrons. The number of nitrogens with one attached hydrogen (secondary N) is 1. The van der Waals surface area contributed by atoms with Crippen molar-refractivity contribution in [3.05, 3.63) is 46.8 Å². The molecular weight excluding hydrogens is 276 g/mol. The van der Waals surface area contributed by atoms with Crippen molar-refractivity contribution in [1.82, 2.24) is 15.1 Å². The monoisotopic (exact) mass is 293 g/mol. The number of halogens is 2. The molecule has 0 saturated heterocycles. The molecule has 0 aliphatic heterocycles. The third kappa shape index (κ3) is 2.63. The second-order valence-electron chi connectivity index (χ2n) is 5.40. The fourth-order valence-electron chi connectivity index (χ4n) is 2.88. The maximum atomic E-state index is 13.3. The van der Waals surface area contributed by atoms with Crippen LogP contribution < -0.4 is 5.32 Å². The molecule has 0 fully saturated rings. The number of nitrogens with zero attached hydrogens (tertiary/aromatic N) is 2. The van der Waals surface area contributed by atoms with Crippen molar-refractivity contribution >= 4 is 0 Å². The highest BCUT2D eigenvalue weighted by Gasteiger charge is 2.23. The molecule has 3 rings (SSSR count). The predicted octanol–water partition coefficient (Wildman–Crippen LogP) is 2.57. The van der Waals surface area contributed by atoms with Gasteiger partial charge in [-0.2, -0.15) is 5.10 Å². The Morgan fingerprint density at radius 1 is 1.38 bits per heavy atom. The zero-order valence-corrected chi connectivity index (χ0v) is 11.7. The van der Waals surface area contributed by atoms with Crippen LogP contribution in [0.15, 0.2) is 18.3 Å². The lowest BCUT2D eigenvalue weighted by Gasteiger charge is -2.24. The fourth-order valence-corrected chi connectivity index (χ4v) is 2.88. The van der Waals surface area contributed by atoms with Crippen molar-refractivity contribution in [1.29, 1.82) is 0 Å². The average Bonchev–Trinajstić information content (AvgIpc) is 2.85. The minimum Gasteiger partial charge on any atom is -0.503 e. The number of rotatable bonds is 3. The van der Waals surface area contributed by atoms with Crippen LogP contribution in [0.1, 0.15) is 35.7 Å². The first-order chi connectivity index (χ1) is 10.1. The molecule has 1 atom stereocenters. The van der Waals surface area contributed by atoms with E-state index in [1.165, 1.54) is 5.69 Å². The molecular formula is C15H17F2N3O. The Labute approximate surface area is 121 Å². The molecule has 6 heteroatoms. The van der Waals surface area contributed by atoms with Crippen LogP contribution in [0.5, 0.6) is 5.75 Å². The molecule has 1 aromatic carbocycles. The number of aryl methyl sites for hydroxylation is 1. The van der Waals surface area contributed by atoms with Gasteiger partial charge in [0, 0.05) is 30.9 Å². The summed E-state index contributed by atoms with van der Waals surface area (Å²) in [7, 11) is 1.92. The normalized spacial score (nSPS) is 17.8. The van der Waals surface area contributed by atoms with E-state index < -0.39 is 17.4 Å². The first-order valence-electron chi connectivity index (χ1n) is 6.97. The molecule has 1 heterocycles. The van der Waals surface area contributed by atoms with Crippen molar-refractivity contribution in [2.24, 2.45) is 7.05 Å². The van der Waals surface area contributed by atoms with Crippen LogP contribution in [-0.4, -0.2) is 14.9 Å². The van der Waals surface area contributed by atoms with Gasteiger partial charge in [-0.25, -0.2) is 8.78 Å². The Morgan fingerprint density at radius 2 is 2.10 bits per heavy atom. The number of aromatic hydroxyl groups is 1. The summed E-state index contributed by atoms with van der Waals surface area (Å²) in [6.07, 6.45) is 4.89. The van der Waals surface area contributed by atoms with Gasteiger partial charge in [0.1, 0.15) is 0 Å². The van der Waals surface area contributed by atoms with Crippen molar-refractivity contribution in [3.63, 3.8) is 0 Å². The van der Waals surface area contributed by atoms with E-state index in [4.69, 9.17) is 5.11 Å². The van der Waals surface area contributed by atoms with Crippen molar-refractivity contribution < 1.29 is 13.9 Å². The molecule has 112 valence electrons. The van der Waals surface area contributed by atoms with Crippen molar-refractivity contribution in [3.8, 4) is 5.75 Å². The summed E-state index contributed by atoms with van der Waals surface area (Å²) in [5, 5.41) is 16.7. The molecule has 2 aromatic rings. The minimum absolute atomic E-state index is 0.141. The van der Waals surface area contributed by atoms with Gasteiger partial charge < -0.3 is 10.4 Å². The van der Waals surface area contributed by atoms with Crippen LogP contribution in [-0.2, 0) is 20.0 Å². The maximum absolute atomic E-state index is 13.3. The van der Waals surface area contributed by atoms with Gasteiger partial charge in [0.25, 0.3) is 0 Å². The van der Waals surface area contributed by atoms with Crippen LogP contribution in [0.25, 0.3) is 0 Å². The molecule has 0 spiro atoms. The van der Waals surface area contributed by atoms with Gasteiger partial charge in [-0.15, -0.1) is 0 Å². The van der Waals surface area contributed by atoms with Gasteiger partial charge in [-0.1, -0.05) is 0 Å². The Balaban J connectivity index is 1.74. The van der Waals surface area contributed by atoms with E-state index in [0.29, 0.717) is 12.1 Å². The minimum atomic E-state index is -0.933. The Bertz CT molecular complexity index is 646. The lowest BCUT2D eigenvalue weighted by molar-refractivity contribution is 0.393. The first-order valence-corrected chi connectivity index (χ1v) is 6.97. The molecule has 1 aromatic heterocycles. The third-order valence-corrected chi connectivity index (χ3v) is 4.00. The van der Waals surface area contributed by atoms with Gasteiger partial charge in [0.2, 0.25) is 0 Å². The third-order valence-electron chi connectivity index (χ3n) is 4.00. The van der Waals surface area contributed by atoms with Crippen LogP contribution in [0.3, 0.4) is 0 Å². The van der Waals surface area contributed by atoms with Gasteiger partial charge in [0.05, 0.1) is 6.20 Å². The van der Waals surface area contributed by atoms with Crippen LogP contribution >= 0.6 is 0 Å². The summed E-state index contributed by atoms with van der Waals surface area (Å²) < 4.78 is 28.5. The van der Waals surface area contributed by atoms with E-state index in [9.17, 15) is 8.78 Å². The fraction of sp³-hybridized carbons (Fsp3) is 0.400. The molecule has 0 saturated carbocycles. The number of benzene rings is 1. The molecule has 1 unspecified atom stereocenters. The molecule has 0 amide bonds. The zero-order valence-electron chi connectivity index (χ0n) is 11.7. The summed E-state index contributed by atoms with van der Waals surface area (Å²) in [5.41, 5.74) is 2.84. The topological polar surface area (TPSA) is 50.1 Å². The lowest BCUT2D eigenvalue weighted by Crippen LogP contribution is -2.25. The summed E-state index contributed by atoms with van der Waals surface area (Å²) in [5.74, 6) is -2.79. The summed E-state index contributed by atoms with van der Waals surface area (Å²) in [6.45, 7) is 0.340. The highest BCUT2D eigenvalue weighted by Crippen LogP contribution is 2.29. The Hall–Kier alpha value is -1.95. The van der Waals surface area contributed by atoms with Crippen molar-refractivity contribution in [2.75, 3.05) is 0 Å². The van der Waals surface area contributed by atoms with E-state index >= 15 is 0 Å². The highest BCUT2D eigenvalue weighted by molar-refractivity contribution is 5.30. The Morgan fingerprint density at radius 3 is 2.81 bits per heavy atom. The van der Waals surface area contributed by atoms with Crippen LogP contribution in [0.2, 0.25) is 0 Å². The lowest BCUT2D eigenvalue weighted by atomic mass is 9.93. The smallest absolute Gasteiger partial charge is 0.187 e. The first kappa shape index (κ1) is 14.0. The average molecular weight is 293 g/mol. The zero-order chi connectivity index (χ0) is 15.0. The van der Waals surface area contributed by atoms with Gasteiger partial charge in [0.15, 0.2) is 17.4 Å². The molecule has 1 aliphatic carbocycles. The standard InChI is InChI=1S/C15H17F2N3O/c1-20-14-4-2-3-13(10(14)8-19-20)18-7-9-5-11(16)15(21)12(17)6-9/h5-6,8,13,18,21H,2-4,7H2,1H3. The van der Waals surface area contributed by atoms with Gasteiger partial charge in [-0.05, 0) is 37.0 Å². The molecule has 1 aliphatic rings. The number of fused-ring (bicyclic) bond motifs is 1. The molecule has 2 N–H and O–H groups in total.